The highest BCUT2D eigenvalue weighted by Crippen LogP contribution is 2.10. The number of rotatable bonds is 4. The van der Waals surface area contributed by atoms with Gasteiger partial charge in [-0.3, -0.25) is 0 Å². The molecule has 0 aliphatic heterocycles. The first-order chi connectivity index (χ1) is 7.34. The largest absolute Gasteiger partial charge is 0.376 e. The highest BCUT2D eigenvalue weighted by Gasteiger charge is 2.00. The minimum atomic E-state index is -0.665. The van der Waals surface area contributed by atoms with Crippen LogP contribution in [0.15, 0.2) is 30.3 Å². The fraction of sp³-hybridized carbons (Fsp3) is 0.385. The van der Waals surface area contributed by atoms with Crippen LogP contribution in [0.1, 0.15) is 30.9 Å². The number of hydrogen-bond donors (Lipinski definition) is 1. The van der Waals surface area contributed by atoms with E-state index in [1.807, 2.05) is 30.3 Å². The zero-order chi connectivity index (χ0) is 10.9. The quantitative estimate of drug-likeness (QED) is 0.472. The first-order valence-corrected chi connectivity index (χ1v) is 5.65. The third-order valence-electron chi connectivity index (χ3n) is 2.04. The summed E-state index contributed by atoms with van der Waals surface area (Å²) < 4.78 is 0. The second-order valence-electron chi connectivity index (χ2n) is 3.28. The molecule has 1 aromatic rings. The van der Waals surface area contributed by atoms with Crippen molar-refractivity contribution in [3.63, 3.8) is 0 Å². The number of unbranched alkanes of at least 4 members (excludes halogenated alkanes) is 2. The number of aliphatic hydroxyl groups is 1. The van der Waals surface area contributed by atoms with Gasteiger partial charge in [-0.15, -0.1) is 17.5 Å². The van der Waals surface area contributed by atoms with E-state index in [0.29, 0.717) is 5.88 Å². The van der Waals surface area contributed by atoms with Gasteiger partial charge in [0.15, 0.2) is 0 Å². The van der Waals surface area contributed by atoms with Gasteiger partial charge in [0, 0.05) is 12.3 Å². The maximum atomic E-state index is 9.68. The van der Waals surface area contributed by atoms with E-state index in [1.165, 1.54) is 0 Å². The summed E-state index contributed by atoms with van der Waals surface area (Å²) in [5, 5.41) is 9.68. The van der Waals surface area contributed by atoms with Gasteiger partial charge < -0.3 is 5.11 Å². The van der Waals surface area contributed by atoms with Crippen molar-refractivity contribution < 1.29 is 5.11 Å². The van der Waals surface area contributed by atoms with Crippen LogP contribution in [0, 0.1) is 11.8 Å². The molecule has 0 heterocycles. The number of aliphatic hydroxyl groups excluding tert-OH is 1. The van der Waals surface area contributed by atoms with Gasteiger partial charge >= 0.3 is 0 Å². The van der Waals surface area contributed by atoms with Crippen LogP contribution in [0.2, 0.25) is 0 Å². The zero-order valence-corrected chi connectivity index (χ0v) is 9.37. The van der Waals surface area contributed by atoms with Gasteiger partial charge in [-0.2, -0.15) is 0 Å². The molecule has 0 saturated heterocycles. The second-order valence-corrected chi connectivity index (χ2v) is 3.66. The van der Waals surface area contributed by atoms with Crippen LogP contribution in [0.3, 0.4) is 0 Å². The molecule has 0 fully saturated rings. The lowest BCUT2D eigenvalue weighted by atomic mass is 10.1. The van der Waals surface area contributed by atoms with Crippen LogP contribution in [-0.2, 0) is 0 Å². The molecule has 0 amide bonds. The van der Waals surface area contributed by atoms with Gasteiger partial charge in [-0.05, 0) is 18.4 Å². The van der Waals surface area contributed by atoms with Crippen molar-refractivity contribution in [1.82, 2.24) is 0 Å². The van der Waals surface area contributed by atoms with Gasteiger partial charge in [0.2, 0.25) is 0 Å². The second kappa shape index (κ2) is 7.34. The van der Waals surface area contributed by atoms with Crippen LogP contribution in [0.25, 0.3) is 0 Å². The van der Waals surface area contributed by atoms with E-state index < -0.39 is 6.10 Å². The van der Waals surface area contributed by atoms with Crippen molar-refractivity contribution in [2.24, 2.45) is 0 Å². The maximum Gasteiger partial charge on any atom is 0.140 e. The molecule has 0 aliphatic carbocycles. The Morgan fingerprint density at radius 3 is 2.60 bits per heavy atom. The van der Waals surface area contributed by atoms with E-state index in [9.17, 15) is 5.11 Å². The standard InChI is InChI=1S/C13H15ClO/c14-11-7-2-1-6-10-13(15)12-8-4-3-5-9-12/h3-5,8-9,13,15H,1-2,7,11H2/t13-/m1/s1. The van der Waals surface area contributed by atoms with Crippen LogP contribution >= 0.6 is 11.6 Å². The Kier molecular flexibility index (Phi) is 5.92. The Labute approximate surface area is 96.1 Å². The summed E-state index contributed by atoms with van der Waals surface area (Å²) in [6.45, 7) is 0. The molecular formula is C13H15ClO. The summed E-state index contributed by atoms with van der Waals surface area (Å²) in [7, 11) is 0. The minimum absolute atomic E-state index is 0.665. The lowest BCUT2D eigenvalue weighted by molar-refractivity contribution is 0.238. The topological polar surface area (TPSA) is 20.2 Å². The Bertz CT molecular complexity index is 323. The highest BCUT2D eigenvalue weighted by molar-refractivity contribution is 6.17. The predicted molar refractivity (Wildman–Crippen MR) is 63.7 cm³/mol. The van der Waals surface area contributed by atoms with E-state index in [0.717, 1.165) is 24.8 Å². The van der Waals surface area contributed by atoms with Crippen LogP contribution < -0.4 is 0 Å². The molecule has 1 rings (SSSR count). The number of halogens is 1. The van der Waals surface area contributed by atoms with Gasteiger partial charge in [0.25, 0.3) is 0 Å². The summed E-state index contributed by atoms with van der Waals surface area (Å²) >= 11 is 5.54. The summed E-state index contributed by atoms with van der Waals surface area (Å²) in [6.07, 6.45) is 2.12. The van der Waals surface area contributed by atoms with Crippen molar-refractivity contribution >= 4 is 11.6 Å². The molecule has 0 aliphatic rings. The summed E-state index contributed by atoms with van der Waals surface area (Å²) in [6, 6.07) is 9.46. The van der Waals surface area contributed by atoms with E-state index in [1.54, 1.807) is 0 Å². The Morgan fingerprint density at radius 2 is 1.93 bits per heavy atom. The van der Waals surface area contributed by atoms with Crippen molar-refractivity contribution in [2.75, 3.05) is 5.88 Å². The number of alkyl halides is 1. The van der Waals surface area contributed by atoms with Gasteiger partial charge in [0.05, 0.1) is 0 Å². The minimum Gasteiger partial charge on any atom is -0.376 e. The Balaban J connectivity index is 2.38. The highest BCUT2D eigenvalue weighted by atomic mass is 35.5. The van der Waals surface area contributed by atoms with Gasteiger partial charge in [-0.1, -0.05) is 36.3 Å². The monoisotopic (exact) mass is 222 g/mol. The zero-order valence-electron chi connectivity index (χ0n) is 8.62. The van der Waals surface area contributed by atoms with Gasteiger partial charge in [0.1, 0.15) is 6.10 Å². The molecule has 15 heavy (non-hydrogen) atoms. The lowest BCUT2D eigenvalue weighted by Gasteiger charge is -2.01. The molecule has 2 heteroatoms. The molecule has 1 nitrogen and oxygen atoms in total. The fourth-order valence-electron chi connectivity index (χ4n) is 1.20. The van der Waals surface area contributed by atoms with Gasteiger partial charge in [-0.25, -0.2) is 0 Å². The Hall–Kier alpha value is -0.970. The smallest absolute Gasteiger partial charge is 0.140 e. The van der Waals surface area contributed by atoms with E-state index in [2.05, 4.69) is 11.8 Å². The predicted octanol–water partition coefficient (Wildman–Crippen LogP) is 3.13. The molecule has 1 atom stereocenters. The molecule has 0 spiro atoms. The van der Waals surface area contributed by atoms with Crippen LogP contribution in [-0.4, -0.2) is 11.0 Å². The fourth-order valence-corrected chi connectivity index (χ4v) is 1.38. The SMILES string of the molecule is O[C@H](C#CCCCCCl)c1ccccc1. The summed E-state index contributed by atoms with van der Waals surface area (Å²) in [5.41, 5.74) is 0.849. The molecule has 0 radical (unpaired) electrons. The van der Waals surface area contributed by atoms with Crippen molar-refractivity contribution in [3.05, 3.63) is 35.9 Å². The average molecular weight is 223 g/mol. The molecule has 0 bridgehead atoms. The van der Waals surface area contributed by atoms with E-state index in [-0.39, 0.29) is 0 Å². The Morgan fingerprint density at radius 1 is 1.20 bits per heavy atom. The van der Waals surface area contributed by atoms with Crippen molar-refractivity contribution in [3.8, 4) is 11.8 Å². The lowest BCUT2D eigenvalue weighted by Crippen LogP contribution is -1.92. The normalized spacial score (nSPS) is 11.6. The van der Waals surface area contributed by atoms with Crippen LogP contribution in [0.5, 0.6) is 0 Å². The molecule has 0 aromatic heterocycles. The number of benzene rings is 1. The third kappa shape index (κ3) is 4.88. The molecule has 1 aromatic carbocycles. The molecule has 0 unspecified atom stereocenters. The number of hydrogen-bond acceptors (Lipinski definition) is 1. The molecule has 80 valence electrons. The first kappa shape index (κ1) is 12.1. The van der Waals surface area contributed by atoms with Crippen molar-refractivity contribution in [1.29, 1.82) is 0 Å². The summed E-state index contributed by atoms with van der Waals surface area (Å²) in [5.74, 6) is 6.46. The molecular weight excluding hydrogens is 208 g/mol. The third-order valence-corrected chi connectivity index (χ3v) is 2.31. The van der Waals surface area contributed by atoms with Crippen LogP contribution in [0.4, 0.5) is 0 Å². The molecule has 1 N–H and O–H groups in total. The molecule has 0 saturated carbocycles. The first-order valence-electron chi connectivity index (χ1n) is 5.12. The maximum absolute atomic E-state index is 9.68. The average Bonchev–Trinajstić information content (AvgIpc) is 2.30. The summed E-state index contributed by atoms with van der Waals surface area (Å²) in [4.78, 5) is 0. The van der Waals surface area contributed by atoms with Crippen molar-refractivity contribution in [2.45, 2.75) is 25.4 Å². The van der Waals surface area contributed by atoms with E-state index >= 15 is 0 Å². The van der Waals surface area contributed by atoms with E-state index in [4.69, 9.17) is 11.6 Å².